The van der Waals surface area contributed by atoms with Gasteiger partial charge in [-0.3, -0.25) is 0 Å². The highest BCUT2D eigenvalue weighted by Crippen LogP contribution is 2.22. The Morgan fingerprint density at radius 1 is 0.917 bits per heavy atom. The Kier molecular flexibility index (Phi) is 2.47. The second kappa shape index (κ2) is 3.38. The Morgan fingerprint density at radius 3 is 1.50 bits per heavy atom. The molecule has 2 N–H and O–H groups in total. The normalized spacial score (nSPS) is 9.67. The maximum absolute atomic E-state index is 13.0. The molecule has 66 valence electrons. The van der Waals surface area contributed by atoms with Gasteiger partial charge in [0, 0.05) is 14.1 Å². The van der Waals surface area contributed by atoms with Crippen molar-refractivity contribution in [2.24, 2.45) is 0 Å². The van der Waals surface area contributed by atoms with Gasteiger partial charge in [0.1, 0.15) is 0 Å². The lowest BCUT2D eigenvalue weighted by Crippen LogP contribution is -1.99. The number of anilines is 2. The van der Waals surface area contributed by atoms with Crippen LogP contribution in [0.2, 0.25) is 0 Å². The number of rotatable bonds is 2. The number of halogens is 2. The van der Waals surface area contributed by atoms with Crippen molar-refractivity contribution in [2.45, 2.75) is 0 Å². The van der Waals surface area contributed by atoms with Crippen molar-refractivity contribution in [3.05, 3.63) is 23.8 Å². The van der Waals surface area contributed by atoms with Crippen LogP contribution >= 0.6 is 0 Å². The third-order valence-corrected chi connectivity index (χ3v) is 1.62. The smallest absolute Gasteiger partial charge is 0.184 e. The highest BCUT2D eigenvalue weighted by Gasteiger charge is 2.10. The summed E-state index contributed by atoms with van der Waals surface area (Å²) < 4.78 is 25.9. The van der Waals surface area contributed by atoms with Gasteiger partial charge in [-0.15, -0.1) is 0 Å². The number of hydrogen-bond acceptors (Lipinski definition) is 2. The van der Waals surface area contributed by atoms with Crippen molar-refractivity contribution >= 4 is 11.4 Å². The Balaban J connectivity index is 3.20. The zero-order valence-electron chi connectivity index (χ0n) is 6.91. The molecule has 4 heteroatoms. The molecular formula is C8H10F2N2. The zero-order valence-corrected chi connectivity index (χ0v) is 6.91. The van der Waals surface area contributed by atoms with E-state index in [9.17, 15) is 8.78 Å². The van der Waals surface area contributed by atoms with E-state index < -0.39 is 11.6 Å². The van der Waals surface area contributed by atoms with Gasteiger partial charge in [-0.25, -0.2) is 8.78 Å². The van der Waals surface area contributed by atoms with Crippen LogP contribution in [0.25, 0.3) is 0 Å². The molecule has 0 heterocycles. The summed E-state index contributed by atoms with van der Waals surface area (Å²) in [5, 5.41) is 5.09. The average Bonchev–Trinajstić information content (AvgIpc) is 2.10. The largest absolute Gasteiger partial charge is 0.386 e. The van der Waals surface area contributed by atoms with E-state index in [1.54, 1.807) is 0 Å². The predicted molar refractivity (Wildman–Crippen MR) is 45.5 cm³/mol. The fraction of sp³-hybridized carbons (Fsp3) is 0.250. The number of benzene rings is 1. The first-order chi connectivity index (χ1) is 5.70. The summed E-state index contributed by atoms with van der Waals surface area (Å²) in [6.45, 7) is 0. The van der Waals surface area contributed by atoms with E-state index in [0.29, 0.717) is 0 Å². The van der Waals surface area contributed by atoms with Gasteiger partial charge >= 0.3 is 0 Å². The van der Waals surface area contributed by atoms with E-state index >= 15 is 0 Å². The first kappa shape index (κ1) is 8.77. The molecular weight excluding hydrogens is 162 g/mol. The Labute approximate surface area is 69.6 Å². The molecule has 0 aliphatic heterocycles. The van der Waals surface area contributed by atoms with Crippen LogP contribution in [0.5, 0.6) is 0 Å². The second-order valence-electron chi connectivity index (χ2n) is 2.29. The fourth-order valence-corrected chi connectivity index (χ4v) is 0.936. The minimum absolute atomic E-state index is 0.159. The van der Waals surface area contributed by atoms with Gasteiger partial charge in [0.2, 0.25) is 0 Å². The summed E-state index contributed by atoms with van der Waals surface area (Å²) in [6.07, 6.45) is 0. The zero-order chi connectivity index (χ0) is 9.14. The molecule has 0 aliphatic carbocycles. The molecule has 12 heavy (non-hydrogen) atoms. The van der Waals surface area contributed by atoms with Crippen molar-refractivity contribution in [3.8, 4) is 0 Å². The third-order valence-electron chi connectivity index (χ3n) is 1.62. The average molecular weight is 172 g/mol. The minimum Gasteiger partial charge on any atom is -0.386 e. The standard InChI is InChI=1S/C8H10F2N2/c1-11-5-3-4-6(12-2)8(10)7(5)9/h3-4,11-12H,1-2H3. The fourth-order valence-electron chi connectivity index (χ4n) is 0.936. The molecule has 0 amide bonds. The molecule has 0 spiro atoms. The molecule has 0 aromatic heterocycles. The van der Waals surface area contributed by atoms with E-state index in [-0.39, 0.29) is 11.4 Å². The van der Waals surface area contributed by atoms with Crippen LogP contribution in [0.1, 0.15) is 0 Å². The van der Waals surface area contributed by atoms with Crippen molar-refractivity contribution in [1.82, 2.24) is 0 Å². The monoisotopic (exact) mass is 172 g/mol. The Hall–Kier alpha value is -1.32. The molecule has 0 unspecified atom stereocenters. The molecule has 1 rings (SSSR count). The van der Waals surface area contributed by atoms with Crippen LogP contribution in [-0.2, 0) is 0 Å². The lowest BCUT2D eigenvalue weighted by atomic mass is 10.2. The molecule has 0 saturated heterocycles. The maximum Gasteiger partial charge on any atom is 0.184 e. The SMILES string of the molecule is CNc1ccc(NC)c(F)c1F. The third kappa shape index (κ3) is 1.32. The van der Waals surface area contributed by atoms with Gasteiger partial charge in [0.05, 0.1) is 11.4 Å². The van der Waals surface area contributed by atoms with Crippen LogP contribution in [0, 0.1) is 11.6 Å². The molecule has 0 fully saturated rings. The topological polar surface area (TPSA) is 24.1 Å². The lowest BCUT2D eigenvalue weighted by Gasteiger charge is -2.06. The minimum atomic E-state index is -0.857. The van der Waals surface area contributed by atoms with Gasteiger partial charge in [0.15, 0.2) is 11.6 Å². The van der Waals surface area contributed by atoms with Crippen LogP contribution in [0.3, 0.4) is 0 Å². The molecule has 0 aliphatic rings. The molecule has 2 nitrogen and oxygen atoms in total. The summed E-state index contributed by atoms with van der Waals surface area (Å²) in [5.41, 5.74) is 0.318. The van der Waals surface area contributed by atoms with Crippen molar-refractivity contribution < 1.29 is 8.78 Å². The summed E-state index contributed by atoms with van der Waals surface area (Å²) in [7, 11) is 3.08. The maximum atomic E-state index is 13.0. The van der Waals surface area contributed by atoms with E-state index in [1.807, 2.05) is 0 Å². The Bertz CT molecular complexity index is 258. The highest BCUT2D eigenvalue weighted by atomic mass is 19.2. The van der Waals surface area contributed by atoms with Gasteiger partial charge in [-0.2, -0.15) is 0 Å². The summed E-state index contributed by atoms with van der Waals surface area (Å²) in [5.74, 6) is -1.71. The van der Waals surface area contributed by atoms with Gasteiger partial charge in [-0.1, -0.05) is 0 Å². The molecule has 0 saturated carbocycles. The summed E-state index contributed by atoms with van der Waals surface area (Å²) in [6, 6.07) is 2.95. The molecule has 0 radical (unpaired) electrons. The molecule has 0 atom stereocenters. The summed E-state index contributed by atoms with van der Waals surface area (Å²) in [4.78, 5) is 0. The van der Waals surface area contributed by atoms with E-state index in [4.69, 9.17) is 0 Å². The van der Waals surface area contributed by atoms with Crippen LogP contribution in [0.15, 0.2) is 12.1 Å². The first-order valence-corrected chi connectivity index (χ1v) is 3.54. The Morgan fingerprint density at radius 2 is 1.25 bits per heavy atom. The van der Waals surface area contributed by atoms with Crippen molar-refractivity contribution in [1.29, 1.82) is 0 Å². The van der Waals surface area contributed by atoms with E-state index in [1.165, 1.54) is 26.2 Å². The van der Waals surface area contributed by atoms with Crippen LogP contribution < -0.4 is 10.6 Å². The van der Waals surface area contributed by atoms with Gasteiger partial charge in [0.25, 0.3) is 0 Å². The second-order valence-corrected chi connectivity index (χ2v) is 2.29. The quantitative estimate of drug-likeness (QED) is 0.713. The van der Waals surface area contributed by atoms with E-state index in [2.05, 4.69) is 10.6 Å². The van der Waals surface area contributed by atoms with Gasteiger partial charge < -0.3 is 10.6 Å². The number of hydrogen-bond donors (Lipinski definition) is 2. The van der Waals surface area contributed by atoms with Gasteiger partial charge in [-0.05, 0) is 12.1 Å². The molecule has 0 bridgehead atoms. The van der Waals surface area contributed by atoms with Crippen molar-refractivity contribution in [2.75, 3.05) is 24.7 Å². The van der Waals surface area contributed by atoms with E-state index in [0.717, 1.165) is 0 Å². The molecule has 1 aromatic rings. The van der Waals surface area contributed by atoms with Crippen LogP contribution in [0.4, 0.5) is 20.2 Å². The van der Waals surface area contributed by atoms with Crippen LogP contribution in [-0.4, -0.2) is 14.1 Å². The van der Waals surface area contributed by atoms with Crippen molar-refractivity contribution in [3.63, 3.8) is 0 Å². The predicted octanol–water partition coefficient (Wildman–Crippen LogP) is 2.05. The highest BCUT2D eigenvalue weighted by molar-refractivity contribution is 5.55. The first-order valence-electron chi connectivity index (χ1n) is 3.54. The number of nitrogens with one attached hydrogen (secondary N) is 2. The summed E-state index contributed by atoms with van der Waals surface area (Å²) >= 11 is 0. The molecule has 1 aromatic carbocycles. The lowest BCUT2D eigenvalue weighted by molar-refractivity contribution is 0.514.